The third-order valence-electron chi connectivity index (χ3n) is 2.82. The average Bonchev–Trinajstić information content (AvgIpc) is 2.17. The predicted octanol–water partition coefficient (Wildman–Crippen LogP) is 4.22. The van der Waals surface area contributed by atoms with Gasteiger partial charge in [0.15, 0.2) is 0 Å². The standard InChI is InChI=1S/C16H27NO/c1-11(2)18-15-8-7-13(9-12(15)3)14(17)10-16(4,5)6/h7-9,11,14H,10,17H2,1-6H3. The van der Waals surface area contributed by atoms with E-state index in [1.54, 1.807) is 0 Å². The molecule has 0 saturated heterocycles. The van der Waals surface area contributed by atoms with E-state index in [4.69, 9.17) is 10.5 Å². The van der Waals surface area contributed by atoms with Crippen molar-refractivity contribution in [2.75, 3.05) is 0 Å². The van der Waals surface area contributed by atoms with Crippen LogP contribution in [0.15, 0.2) is 18.2 Å². The molecule has 0 aliphatic heterocycles. The summed E-state index contributed by atoms with van der Waals surface area (Å²) < 4.78 is 5.74. The van der Waals surface area contributed by atoms with Crippen LogP contribution in [0.2, 0.25) is 0 Å². The average molecular weight is 249 g/mol. The minimum atomic E-state index is 0.0943. The molecule has 18 heavy (non-hydrogen) atoms. The molecule has 2 nitrogen and oxygen atoms in total. The summed E-state index contributed by atoms with van der Waals surface area (Å²) in [5.74, 6) is 0.955. The summed E-state index contributed by atoms with van der Waals surface area (Å²) in [7, 11) is 0. The van der Waals surface area contributed by atoms with E-state index in [1.165, 1.54) is 5.56 Å². The summed E-state index contributed by atoms with van der Waals surface area (Å²) in [6, 6.07) is 6.36. The molecule has 1 unspecified atom stereocenters. The van der Waals surface area contributed by atoms with Crippen LogP contribution in [0.25, 0.3) is 0 Å². The highest BCUT2D eigenvalue weighted by molar-refractivity contribution is 5.37. The van der Waals surface area contributed by atoms with Crippen LogP contribution in [0.5, 0.6) is 5.75 Å². The van der Waals surface area contributed by atoms with Gasteiger partial charge in [-0.25, -0.2) is 0 Å². The Kier molecular flexibility index (Phi) is 4.80. The van der Waals surface area contributed by atoms with Gasteiger partial charge in [0.05, 0.1) is 6.10 Å². The number of aryl methyl sites for hydroxylation is 1. The maximum atomic E-state index is 6.26. The SMILES string of the molecule is Cc1cc(C(N)CC(C)(C)C)ccc1OC(C)C. The third kappa shape index (κ3) is 4.69. The zero-order valence-corrected chi connectivity index (χ0v) is 12.6. The lowest BCUT2D eigenvalue weighted by Gasteiger charge is -2.24. The quantitative estimate of drug-likeness (QED) is 0.867. The van der Waals surface area contributed by atoms with Gasteiger partial charge in [0.25, 0.3) is 0 Å². The Morgan fingerprint density at radius 1 is 1.22 bits per heavy atom. The van der Waals surface area contributed by atoms with Gasteiger partial charge in [-0.05, 0) is 49.8 Å². The highest BCUT2D eigenvalue weighted by Gasteiger charge is 2.17. The minimum Gasteiger partial charge on any atom is -0.491 e. The number of hydrogen-bond acceptors (Lipinski definition) is 2. The van der Waals surface area contributed by atoms with Crippen molar-refractivity contribution < 1.29 is 4.74 Å². The molecule has 0 aliphatic rings. The third-order valence-corrected chi connectivity index (χ3v) is 2.82. The second kappa shape index (κ2) is 5.75. The van der Waals surface area contributed by atoms with Crippen LogP contribution in [0.4, 0.5) is 0 Å². The summed E-state index contributed by atoms with van der Waals surface area (Å²) in [5.41, 5.74) is 8.86. The molecule has 0 aromatic heterocycles. The van der Waals surface area contributed by atoms with Crippen molar-refractivity contribution in [3.8, 4) is 5.75 Å². The first kappa shape index (κ1) is 15.0. The van der Waals surface area contributed by atoms with Crippen LogP contribution in [-0.2, 0) is 0 Å². The highest BCUT2D eigenvalue weighted by atomic mass is 16.5. The lowest BCUT2D eigenvalue weighted by Crippen LogP contribution is -2.19. The van der Waals surface area contributed by atoms with Crippen molar-refractivity contribution in [1.29, 1.82) is 0 Å². The van der Waals surface area contributed by atoms with E-state index in [1.807, 2.05) is 19.9 Å². The van der Waals surface area contributed by atoms with Crippen LogP contribution >= 0.6 is 0 Å². The molecule has 0 fully saturated rings. The fourth-order valence-electron chi connectivity index (χ4n) is 2.07. The number of nitrogens with two attached hydrogens (primary N) is 1. The van der Waals surface area contributed by atoms with Crippen LogP contribution < -0.4 is 10.5 Å². The van der Waals surface area contributed by atoms with Crippen LogP contribution in [0.3, 0.4) is 0 Å². The van der Waals surface area contributed by atoms with E-state index in [-0.39, 0.29) is 17.6 Å². The van der Waals surface area contributed by atoms with Gasteiger partial charge in [-0.15, -0.1) is 0 Å². The van der Waals surface area contributed by atoms with E-state index in [0.717, 1.165) is 17.7 Å². The fourth-order valence-corrected chi connectivity index (χ4v) is 2.07. The van der Waals surface area contributed by atoms with Crippen molar-refractivity contribution in [2.24, 2.45) is 11.1 Å². The number of benzene rings is 1. The zero-order chi connectivity index (χ0) is 13.9. The maximum absolute atomic E-state index is 6.26. The molecule has 0 aliphatic carbocycles. The molecule has 2 heteroatoms. The van der Waals surface area contributed by atoms with E-state index in [9.17, 15) is 0 Å². The van der Waals surface area contributed by atoms with Crippen LogP contribution in [0, 0.1) is 12.3 Å². The Balaban J connectivity index is 2.83. The highest BCUT2D eigenvalue weighted by Crippen LogP contribution is 2.30. The van der Waals surface area contributed by atoms with Crippen molar-refractivity contribution in [2.45, 2.75) is 60.1 Å². The lowest BCUT2D eigenvalue weighted by atomic mass is 9.85. The van der Waals surface area contributed by atoms with Gasteiger partial charge >= 0.3 is 0 Å². The normalized spacial score (nSPS) is 13.8. The number of hydrogen-bond donors (Lipinski definition) is 1. The molecule has 1 aromatic carbocycles. The molecule has 0 bridgehead atoms. The first-order chi connectivity index (χ1) is 8.19. The first-order valence-corrected chi connectivity index (χ1v) is 6.72. The molecular formula is C16H27NO. The first-order valence-electron chi connectivity index (χ1n) is 6.72. The second-order valence-electron chi connectivity index (χ2n) is 6.56. The topological polar surface area (TPSA) is 35.2 Å². The van der Waals surface area contributed by atoms with Gasteiger partial charge in [0.1, 0.15) is 5.75 Å². The summed E-state index contributed by atoms with van der Waals surface area (Å²) in [4.78, 5) is 0. The van der Waals surface area contributed by atoms with Crippen LogP contribution in [0.1, 0.15) is 58.2 Å². The molecule has 0 saturated carbocycles. The van der Waals surface area contributed by atoms with E-state index >= 15 is 0 Å². The molecular weight excluding hydrogens is 222 g/mol. The van der Waals surface area contributed by atoms with E-state index in [0.29, 0.717) is 0 Å². The molecule has 102 valence electrons. The molecule has 1 rings (SSSR count). The second-order valence-corrected chi connectivity index (χ2v) is 6.56. The van der Waals surface area contributed by atoms with Crippen molar-refractivity contribution >= 4 is 0 Å². The van der Waals surface area contributed by atoms with Crippen LogP contribution in [-0.4, -0.2) is 6.10 Å². The monoisotopic (exact) mass is 249 g/mol. The Hall–Kier alpha value is -1.02. The largest absolute Gasteiger partial charge is 0.491 e. The Labute approximate surface area is 112 Å². The van der Waals surface area contributed by atoms with E-state index in [2.05, 4.69) is 39.8 Å². The Morgan fingerprint density at radius 2 is 1.83 bits per heavy atom. The van der Waals surface area contributed by atoms with Gasteiger partial charge in [-0.3, -0.25) is 0 Å². The lowest BCUT2D eigenvalue weighted by molar-refractivity contribution is 0.240. The molecule has 1 atom stereocenters. The van der Waals surface area contributed by atoms with Gasteiger partial charge in [0, 0.05) is 6.04 Å². The van der Waals surface area contributed by atoms with Gasteiger partial charge in [-0.1, -0.05) is 32.9 Å². The Morgan fingerprint density at radius 3 is 2.28 bits per heavy atom. The smallest absolute Gasteiger partial charge is 0.122 e. The maximum Gasteiger partial charge on any atom is 0.122 e. The fraction of sp³-hybridized carbons (Fsp3) is 0.625. The van der Waals surface area contributed by atoms with Crippen molar-refractivity contribution in [3.05, 3.63) is 29.3 Å². The number of ether oxygens (including phenoxy) is 1. The molecule has 0 spiro atoms. The van der Waals surface area contributed by atoms with Gasteiger partial charge < -0.3 is 10.5 Å². The van der Waals surface area contributed by atoms with Crippen molar-refractivity contribution in [3.63, 3.8) is 0 Å². The molecule has 1 aromatic rings. The summed E-state index contributed by atoms with van der Waals surface area (Å²) in [6.07, 6.45) is 1.19. The summed E-state index contributed by atoms with van der Waals surface area (Å²) >= 11 is 0. The Bertz CT molecular complexity index is 391. The zero-order valence-electron chi connectivity index (χ0n) is 12.6. The number of rotatable bonds is 4. The molecule has 0 heterocycles. The molecule has 0 amide bonds. The van der Waals surface area contributed by atoms with Gasteiger partial charge in [-0.2, -0.15) is 0 Å². The summed E-state index contributed by atoms with van der Waals surface area (Å²) in [6.45, 7) is 12.8. The molecule has 0 radical (unpaired) electrons. The molecule has 2 N–H and O–H groups in total. The predicted molar refractivity (Wildman–Crippen MR) is 77.9 cm³/mol. The summed E-state index contributed by atoms with van der Waals surface area (Å²) in [5, 5.41) is 0. The van der Waals surface area contributed by atoms with E-state index < -0.39 is 0 Å². The van der Waals surface area contributed by atoms with Gasteiger partial charge in [0.2, 0.25) is 0 Å². The van der Waals surface area contributed by atoms with Crippen molar-refractivity contribution in [1.82, 2.24) is 0 Å². The minimum absolute atomic E-state index is 0.0943.